The number of aliphatic hydroxyl groups excluding tert-OH is 1. The molecule has 0 unspecified atom stereocenters. The van der Waals surface area contributed by atoms with Gasteiger partial charge in [0.25, 0.3) is 0 Å². The number of rotatable bonds is 4. The number of hydrogen-bond acceptors (Lipinski definition) is 2. The first-order chi connectivity index (χ1) is 10.2. The molecule has 3 nitrogen and oxygen atoms in total. The van der Waals surface area contributed by atoms with Crippen molar-refractivity contribution in [3.05, 3.63) is 29.3 Å². The minimum atomic E-state index is 0.0733. The lowest BCUT2D eigenvalue weighted by Gasteiger charge is -2.11. The number of hydrogen-bond donors (Lipinski definition) is 2. The molecule has 1 fully saturated rings. The summed E-state index contributed by atoms with van der Waals surface area (Å²) in [6, 6.07) is 5.81. The van der Waals surface area contributed by atoms with E-state index in [9.17, 15) is 4.79 Å². The lowest BCUT2D eigenvalue weighted by Crippen LogP contribution is -2.15. The van der Waals surface area contributed by atoms with Crippen molar-refractivity contribution in [2.75, 3.05) is 11.9 Å². The molecule has 1 saturated carbocycles. The number of aryl methyl sites for hydroxylation is 1. The zero-order valence-corrected chi connectivity index (χ0v) is 12.6. The maximum Gasteiger partial charge on any atom is 0.224 e. The van der Waals surface area contributed by atoms with E-state index < -0.39 is 0 Å². The van der Waals surface area contributed by atoms with E-state index in [1.807, 2.05) is 25.1 Å². The van der Waals surface area contributed by atoms with Crippen LogP contribution < -0.4 is 5.32 Å². The molecule has 0 heterocycles. The first kappa shape index (κ1) is 15.6. The zero-order valence-electron chi connectivity index (χ0n) is 12.6. The first-order valence-electron chi connectivity index (χ1n) is 7.69. The maximum atomic E-state index is 12.1. The number of nitrogens with one attached hydrogen (secondary N) is 1. The monoisotopic (exact) mass is 285 g/mol. The molecule has 21 heavy (non-hydrogen) atoms. The lowest BCUT2D eigenvalue weighted by atomic mass is 10.0. The normalized spacial score (nSPS) is 14.6. The van der Waals surface area contributed by atoms with Gasteiger partial charge in [0, 0.05) is 24.1 Å². The SMILES string of the molecule is Cc1ccc(C#CCCO)cc1NC(=O)CC1CCCC1. The van der Waals surface area contributed by atoms with Crippen molar-refractivity contribution in [2.45, 2.75) is 45.4 Å². The fraction of sp³-hybridized carbons (Fsp3) is 0.500. The zero-order chi connectivity index (χ0) is 15.1. The van der Waals surface area contributed by atoms with Crippen LogP contribution in [0.2, 0.25) is 0 Å². The summed E-state index contributed by atoms with van der Waals surface area (Å²) < 4.78 is 0. The maximum absolute atomic E-state index is 12.1. The van der Waals surface area contributed by atoms with Crippen molar-refractivity contribution in [3.63, 3.8) is 0 Å². The van der Waals surface area contributed by atoms with E-state index in [0.717, 1.165) is 16.8 Å². The van der Waals surface area contributed by atoms with Gasteiger partial charge in [-0.05, 0) is 43.4 Å². The summed E-state index contributed by atoms with van der Waals surface area (Å²) in [7, 11) is 0. The van der Waals surface area contributed by atoms with Gasteiger partial charge in [-0.25, -0.2) is 0 Å². The summed E-state index contributed by atoms with van der Waals surface area (Å²) in [5, 5.41) is 11.7. The van der Waals surface area contributed by atoms with Crippen LogP contribution in [0, 0.1) is 24.7 Å². The second-order valence-electron chi connectivity index (χ2n) is 5.71. The van der Waals surface area contributed by atoms with Gasteiger partial charge in [0.2, 0.25) is 5.91 Å². The van der Waals surface area contributed by atoms with Crippen LogP contribution in [0.3, 0.4) is 0 Å². The Hall–Kier alpha value is -1.79. The third kappa shape index (κ3) is 4.91. The summed E-state index contributed by atoms with van der Waals surface area (Å²) >= 11 is 0. The molecular weight excluding hydrogens is 262 g/mol. The molecule has 0 aliphatic heterocycles. The molecule has 1 aromatic rings. The van der Waals surface area contributed by atoms with Gasteiger partial charge < -0.3 is 10.4 Å². The molecule has 0 bridgehead atoms. The van der Waals surface area contributed by atoms with Crippen molar-refractivity contribution in [2.24, 2.45) is 5.92 Å². The van der Waals surface area contributed by atoms with Crippen LogP contribution in [0.1, 0.15) is 49.7 Å². The van der Waals surface area contributed by atoms with Gasteiger partial charge in [0.05, 0.1) is 6.61 Å². The minimum absolute atomic E-state index is 0.0733. The number of carbonyl (C=O) groups excluding carboxylic acids is 1. The molecule has 1 aromatic carbocycles. The summed E-state index contributed by atoms with van der Waals surface area (Å²) in [6.07, 6.45) is 5.97. The summed E-state index contributed by atoms with van der Waals surface area (Å²) in [4.78, 5) is 12.1. The van der Waals surface area contributed by atoms with Gasteiger partial charge in [0.1, 0.15) is 0 Å². The minimum Gasteiger partial charge on any atom is -0.395 e. The topological polar surface area (TPSA) is 49.3 Å². The Bertz CT molecular complexity index is 548. The summed E-state index contributed by atoms with van der Waals surface area (Å²) in [6.45, 7) is 2.06. The Kier molecular flexibility index (Phi) is 5.83. The smallest absolute Gasteiger partial charge is 0.224 e. The molecule has 1 amide bonds. The van der Waals surface area contributed by atoms with Crippen LogP contribution in [0.15, 0.2) is 18.2 Å². The second-order valence-corrected chi connectivity index (χ2v) is 5.71. The van der Waals surface area contributed by atoms with Gasteiger partial charge in [-0.15, -0.1) is 0 Å². The number of amides is 1. The van der Waals surface area contributed by atoms with Crippen molar-refractivity contribution in [1.29, 1.82) is 0 Å². The third-order valence-electron chi connectivity index (χ3n) is 3.93. The average Bonchev–Trinajstić information content (AvgIpc) is 2.95. The molecule has 2 rings (SSSR count). The molecule has 1 aliphatic carbocycles. The van der Waals surface area contributed by atoms with Crippen LogP contribution in [0.5, 0.6) is 0 Å². The van der Waals surface area contributed by atoms with Gasteiger partial charge >= 0.3 is 0 Å². The predicted octanol–water partition coefficient (Wildman–Crippen LogP) is 3.25. The first-order valence-corrected chi connectivity index (χ1v) is 7.69. The van der Waals surface area contributed by atoms with Crippen molar-refractivity contribution in [3.8, 4) is 11.8 Å². The van der Waals surface area contributed by atoms with E-state index in [1.54, 1.807) is 0 Å². The molecule has 0 aromatic heterocycles. The molecule has 0 atom stereocenters. The van der Waals surface area contributed by atoms with Crippen LogP contribution in [-0.4, -0.2) is 17.6 Å². The van der Waals surface area contributed by atoms with Crippen molar-refractivity contribution >= 4 is 11.6 Å². The average molecular weight is 285 g/mol. The second kappa shape index (κ2) is 7.85. The molecule has 0 radical (unpaired) electrons. The fourth-order valence-electron chi connectivity index (χ4n) is 2.73. The highest BCUT2D eigenvalue weighted by atomic mass is 16.2. The van der Waals surface area contributed by atoms with Crippen LogP contribution in [0.25, 0.3) is 0 Å². The summed E-state index contributed by atoms with van der Waals surface area (Å²) in [5.74, 6) is 6.55. The highest BCUT2D eigenvalue weighted by Crippen LogP contribution is 2.28. The Morgan fingerprint density at radius 3 is 2.86 bits per heavy atom. The Morgan fingerprint density at radius 1 is 1.38 bits per heavy atom. The largest absolute Gasteiger partial charge is 0.395 e. The number of anilines is 1. The standard InChI is InChI=1S/C18H23NO2/c1-14-9-10-16(8-4-5-11-20)12-17(14)19-18(21)13-15-6-2-3-7-15/h9-10,12,15,20H,2-3,5-7,11,13H2,1H3,(H,19,21). The molecular formula is C18H23NO2. The Balaban J connectivity index is 1.99. The Morgan fingerprint density at radius 2 is 2.14 bits per heavy atom. The van der Waals surface area contributed by atoms with Crippen molar-refractivity contribution < 1.29 is 9.90 Å². The van der Waals surface area contributed by atoms with E-state index >= 15 is 0 Å². The van der Waals surface area contributed by atoms with E-state index in [2.05, 4.69) is 17.2 Å². The number of benzene rings is 1. The fourth-order valence-corrected chi connectivity index (χ4v) is 2.73. The summed E-state index contributed by atoms with van der Waals surface area (Å²) in [5.41, 5.74) is 2.75. The van der Waals surface area contributed by atoms with Crippen LogP contribution in [0.4, 0.5) is 5.69 Å². The van der Waals surface area contributed by atoms with Gasteiger partial charge in [-0.2, -0.15) is 0 Å². The number of aliphatic hydroxyl groups is 1. The molecule has 1 aliphatic rings. The molecule has 112 valence electrons. The molecule has 0 spiro atoms. The van der Waals surface area contributed by atoms with Crippen molar-refractivity contribution in [1.82, 2.24) is 0 Å². The van der Waals surface area contributed by atoms with Crippen LogP contribution in [-0.2, 0) is 4.79 Å². The van der Waals surface area contributed by atoms with E-state index in [1.165, 1.54) is 25.7 Å². The molecule has 2 N–H and O–H groups in total. The van der Waals surface area contributed by atoms with E-state index in [0.29, 0.717) is 18.8 Å². The van der Waals surface area contributed by atoms with Crippen LogP contribution >= 0.6 is 0 Å². The highest BCUT2D eigenvalue weighted by Gasteiger charge is 2.18. The van der Waals surface area contributed by atoms with E-state index in [-0.39, 0.29) is 12.5 Å². The highest BCUT2D eigenvalue weighted by molar-refractivity contribution is 5.91. The van der Waals surface area contributed by atoms with Gasteiger partial charge in [-0.3, -0.25) is 4.79 Å². The quantitative estimate of drug-likeness (QED) is 0.834. The third-order valence-corrected chi connectivity index (χ3v) is 3.93. The Labute approximate surface area is 126 Å². The molecule has 3 heteroatoms. The predicted molar refractivity (Wildman–Crippen MR) is 85.0 cm³/mol. The molecule has 0 saturated heterocycles. The van der Waals surface area contributed by atoms with Gasteiger partial charge in [0.15, 0.2) is 0 Å². The van der Waals surface area contributed by atoms with Gasteiger partial charge in [-0.1, -0.05) is 30.7 Å². The lowest BCUT2D eigenvalue weighted by molar-refractivity contribution is -0.117. The van der Waals surface area contributed by atoms with E-state index in [4.69, 9.17) is 5.11 Å². The number of carbonyl (C=O) groups is 1.